The predicted octanol–water partition coefficient (Wildman–Crippen LogP) is 4.39. The van der Waals surface area contributed by atoms with Crippen molar-refractivity contribution >= 4 is 11.6 Å². The third kappa shape index (κ3) is 3.96. The van der Waals surface area contributed by atoms with Crippen LogP contribution >= 0.6 is 11.6 Å². The van der Waals surface area contributed by atoms with E-state index in [1.807, 2.05) is 0 Å². The van der Waals surface area contributed by atoms with Crippen molar-refractivity contribution in [2.75, 3.05) is 0 Å². The summed E-state index contributed by atoms with van der Waals surface area (Å²) in [5.74, 6) is 0. The molecule has 0 amide bonds. The summed E-state index contributed by atoms with van der Waals surface area (Å²) < 4.78 is 36.6. The lowest BCUT2D eigenvalue weighted by Crippen LogP contribution is -2.04. The highest BCUT2D eigenvalue weighted by Crippen LogP contribution is 2.29. The summed E-state index contributed by atoms with van der Waals surface area (Å²) in [5.41, 5.74) is 0.195. The van der Waals surface area contributed by atoms with Crippen molar-refractivity contribution in [3.63, 3.8) is 0 Å². The topological polar surface area (TPSA) is 0 Å². The molecule has 1 aromatic carbocycles. The monoisotopic (exact) mass is 234 g/mol. The zero-order chi connectivity index (χ0) is 11.5. The van der Waals surface area contributed by atoms with Gasteiger partial charge in [-0.15, -0.1) is 0 Å². The van der Waals surface area contributed by atoms with Crippen LogP contribution in [-0.4, -0.2) is 0 Å². The first-order valence-corrected chi connectivity index (χ1v) is 4.77. The van der Waals surface area contributed by atoms with Crippen LogP contribution in [0.1, 0.15) is 17.5 Å². The molecule has 1 aromatic rings. The Morgan fingerprint density at radius 2 is 1.73 bits per heavy atom. The Morgan fingerprint density at radius 3 is 2.13 bits per heavy atom. The van der Waals surface area contributed by atoms with Gasteiger partial charge in [-0.3, -0.25) is 0 Å². The van der Waals surface area contributed by atoms with Gasteiger partial charge in [-0.25, -0.2) is 0 Å². The number of alkyl halides is 3. The average molecular weight is 235 g/mol. The van der Waals surface area contributed by atoms with Crippen molar-refractivity contribution in [3.05, 3.63) is 47.0 Å². The summed E-state index contributed by atoms with van der Waals surface area (Å²) in [5, 5.41) is 0.509. The van der Waals surface area contributed by atoms with E-state index in [4.69, 9.17) is 11.6 Å². The van der Waals surface area contributed by atoms with Gasteiger partial charge in [0.05, 0.1) is 5.56 Å². The molecule has 82 valence electrons. The summed E-state index contributed by atoms with van der Waals surface area (Å²) in [4.78, 5) is 0. The number of rotatable bonds is 3. The first-order chi connectivity index (χ1) is 6.89. The van der Waals surface area contributed by atoms with Crippen LogP contribution in [0, 0.1) is 0 Å². The lowest BCUT2D eigenvalue weighted by atomic mass is 10.1. The predicted molar refractivity (Wildman–Crippen MR) is 54.8 cm³/mol. The Kier molecular flexibility index (Phi) is 3.80. The number of halogens is 4. The third-order valence-corrected chi connectivity index (χ3v) is 2.16. The molecule has 0 saturated heterocycles. The second-order valence-electron chi connectivity index (χ2n) is 3.21. The minimum Gasteiger partial charge on any atom is -0.166 e. The zero-order valence-electron chi connectivity index (χ0n) is 7.94. The first-order valence-electron chi connectivity index (χ1n) is 4.39. The molecule has 0 aromatic heterocycles. The minimum atomic E-state index is -4.27. The average Bonchev–Trinajstić information content (AvgIpc) is 2.14. The van der Waals surface area contributed by atoms with E-state index in [0.29, 0.717) is 17.9 Å². The molecule has 0 unspecified atom stereocenters. The van der Waals surface area contributed by atoms with Crippen LogP contribution in [0.4, 0.5) is 13.2 Å². The summed E-state index contributed by atoms with van der Waals surface area (Å²) in [6.07, 6.45) is -3.08. The van der Waals surface area contributed by atoms with Crippen molar-refractivity contribution in [2.24, 2.45) is 0 Å². The van der Waals surface area contributed by atoms with Gasteiger partial charge in [-0.05, 0) is 30.5 Å². The quantitative estimate of drug-likeness (QED) is 0.728. The van der Waals surface area contributed by atoms with Gasteiger partial charge in [0.15, 0.2) is 0 Å². The maximum absolute atomic E-state index is 12.2. The number of aryl methyl sites for hydroxylation is 1. The Balaban J connectivity index is 2.69. The van der Waals surface area contributed by atoms with Gasteiger partial charge in [0.1, 0.15) is 0 Å². The summed E-state index contributed by atoms with van der Waals surface area (Å²) in [6, 6.07) is 5.07. The van der Waals surface area contributed by atoms with E-state index in [2.05, 4.69) is 6.58 Å². The molecule has 0 N–H and O–H groups in total. The summed E-state index contributed by atoms with van der Waals surface area (Å²) >= 11 is 5.56. The first kappa shape index (κ1) is 12.1. The fraction of sp³-hybridized carbons (Fsp3) is 0.273. The standard InChI is InChI=1S/C11H10ClF3/c1-8(12)2-3-9-4-6-10(7-5-9)11(13,14)15/h4-7H,1-3H2. The normalized spacial score (nSPS) is 11.5. The van der Waals surface area contributed by atoms with Gasteiger partial charge >= 0.3 is 6.18 Å². The Labute approximate surface area is 91.4 Å². The maximum atomic E-state index is 12.2. The van der Waals surface area contributed by atoms with Gasteiger partial charge in [0.2, 0.25) is 0 Å². The fourth-order valence-corrected chi connectivity index (χ4v) is 1.23. The SMILES string of the molecule is C=C(Cl)CCc1ccc(C(F)(F)F)cc1. The molecule has 1 rings (SSSR count). The Morgan fingerprint density at radius 1 is 1.20 bits per heavy atom. The summed E-state index contributed by atoms with van der Waals surface area (Å²) in [7, 11) is 0. The fourth-order valence-electron chi connectivity index (χ4n) is 1.14. The molecular weight excluding hydrogens is 225 g/mol. The molecule has 0 atom stereocenters. The van der Waals surface area contributed by atoms with Crippen LogP contribution in [0.25, 0.3) is 0 Å². The van der Waals surface area contributed by atoms with Gasteiger partial charge in [0.25, 0.3) is 0 Å². The number of hydrogen-bond acceptors (Lipinski definition) is 0. The molecule has 0 aliphatic carbocycles. The van der Waals surface area contributed by atoms with Crippen molar-refractivity contribution in [3.8, 4) is 0 Å². The molecule has 0 saturated carbocycles. The molecular formula is C11H10ClF3. The Hall–Kier alpha value is -0.960. The number of benzene rings is 1. The van der Waals surface area contributed by atoms with Gasteiger partial charge in [-0.2, -0.15) is 13.2 Å². The van der Waals surface area contributed by atoms with E-state index in [1.54, 1.807) is 0 Å². The molecule has 0 nitrogen and oxygen atoms in total. The van der Waals surface area contributed by atoms with Crippen LogP contribution < -0.4 is 0 Å². The van der Waals surface area contributed by atoms with E-state index in [9.17, 15) is 13.2 Å². The molecule has 4 heteroatoms. The van der Waals surface area contributed by atoms with Crippen LogP contribution in [0.3, 0.4) is 0 Å². The largest absolute Gasteiger partial charge is 0.416 e. The number of hydrogen-bond donors (Lipinski definition) is 0. The lowest BCUT2D eigenvalue weighted by Gasteiger charge is -2.07. The highest BCUT2D eigenvalue weighted by atomic mass is 35.5. The minimum absolute atomic E-state index is 0.509. The molecule has 0 heterocycles. The van der Waals surface area contributed by atoms with Crippen LogP contribution in [0.15, 0.2) is 35.9 Å². The smallest absolute Gasteiger partial charge is 0.166 e. The van der Waals surface area contributed by atoms with Crippen molar-refractivity contribution in [2.45, 2.75) is 19.0 Å². The van der Waals surface area contributed by atoms with E-state index in [0.717, 1.165) is 17.7 Å². The molecule has 0 spiro atoms. The summed E-state index contributed by atoms with van der Waals surface area (Å²) in [6.45, 7) is 3.51. The van der Waals surface area contributed by atoms with E-state index < -0.39 is 11.7 Å². The highest BCUT2D eigenvalue weighted by molar-refractivity contribution is 6.29. The van der Waals surface area contributed by atoms with Crippen molar-refractivity contribution in [1.29, 1.82) is 0 Å². The highest BCUT2D eigenvalue weighted by Gasteiger charge is 2.29. The van der Waals surface area contributed by atoms with E-state index in [-0.39, 0.29) is 0 Å². The Bertz CT molecular complexity index is 338. The van der Waals surface area contributed by atoms with Crippen LogP contribution in [0.5, 0.6) is 0 Å². The molecule has 0 fully saturated rings. The van der Waals surface area contributed by atoms with Gasteiger partial charge < -0.3 is 0 Å². The van der Waals surface area contributed by atoms with E-state index >= 15 is 0 Å². The van der Waals surface area contributed by atoms with Crippen LogP contribution in [-0.2, 0) is 12.6 Å². The second kappa shape index (κ2) is 4.71. The van der Waals surface area contributed by atoms with Gasteiger partial charge in [-0.1, -0.05) is 30.3 Å². The third-order valence-electron chi connectivity index (χ3n) is 1.97. The zero-order valence-corrected chi connectivity index (χ0v) is 8.70. The molecule has 0 bridgehead atoms. The molecule has 15 heavy (non-hydrogen) atoms. The van der Waals surface area contributed by atoms with Crippen molar-refractivity contribution in [1.82, 2.24) is 0 Å². The van der Waals surface area contributed by atoms with Crippen molar-refractivity contribution < 1.29 is 13.2 Å². The lowest BCUT2D eigenvalue weighted by molar-refractivity contribution is -0.137. The maximum Gasteiger partial charge on any atom is 0.416 e. The second-order valence-corrected chi connectivity index (χ2v) is 3.75. The molecule has 0 aliphatic heterocycles. The van der Waals surface area contributed by atoms with Crippen LogP contribution in [0.2, 0.25) is 0 Å². The van der Waals surface area contributed by atoms with E-state index in [1.165, 1.54) is 12.1 Å². The molecule has 0 aliphatic rings. The number of allylic oxidation sites excluding steroid dienone is 1. The van der Waals surface area contributed by atoms with Gasteiger partial charge in [0, 0.05) is 5.03 Å². The molecule has 0 radical (unpaired) electrons.